The molecule has 1 heterocycles. The van der Waals surface area contributed by atoms with Gasteiger partial charge in [-0.2, -0.15) is 5.10 Å². The van der Waals surface area contributed by atoms with E-state index in [1.165, 1.54) is 19.2 Å². The SMILES string of the molecule is COC(=O)c1ccc(NC(=O)CSc2n[nH]c(=O)[nH]c2=O)cc1. The predicted molar refractivity (Wildman–Crippen MR) is 82.6 cm³/mol. The Bertz CT molecular complexity index is 827. The Balaban J connectivity index is 1.93. The summed E-state index contributed by atoms with van der Waals surface area (Å²) in [6, 6.07) is 6.14. The van der Waals surface area contributed by atoms with Crippen LogP contribution in [-0.2, 0) is 9.53 Å². The number of esters is 1. The van der Waals surface area contributed by atoms with Crippen molar-refractivity contribution in [3.05, 3.63) is 50.7 Å². The van der Waals surface area contributed by atoms with Crippen molar-refractivity contribution in [1.29, 1.82) is 0 Å². The van der Waals surface area contributed by atoms with E-state index in [-0.39, 0.29) is 16.7 Å². The van der Waals surface area contributed by atoms with Crippen molar-refractivity contribution in [2.45, 2.75) is 5.03 Å². The van der Waals surface area contributed by atoms with Crippen molar-refractivity contribution in [3.63, 3.8) is 0 Å². The molecule has 2 aromatic rings. The van der Waals surface area contributed by atoms with Crippen LogP contribution in [0.15, 0.2) is 38.9 Å². The summed E-state index contributed by atoms with van der Waals surface area (Å²) in [6.45, 7) is 0. The Morgan fingerprint density at radius 1 is 1.26 bits per heavy atom. The second-order valence-corrected chi connectivity index (χ2v) is 5.18. The van der Waals surface area contributed by atoms with E-state index in [1.54, 1.807) is 12.1 Å². The highest BCUT2D eigenvalue weighted by atomic mass is 32.2. The van der Waals surface area contributed by atoms with Gasteiger partial charge in [0, 0.05) is 5.69 Å². The molecule has 0 aliphatic carbocycles. The number of ether oxygens (including phenoxy) is 1. The number of methoxy groups -OCH3 is 1. The van der Waals surface area contributed by atoms with Gasteiger partial charge in [0.1, 0.15) is 0 Å². The molecule has 9 nitrogen and oxygen atoms in total. The van der Waals surface area contributed by atoms with Crippen LogP contribution in [0.3, 0.4) is 0 Å². The molecule has 0 saturated heterocycles. The molecule has 2 rings (SSSR count). The molecule has 10 heteroatoms. The molecular weight excluding hydrogens is 324 g/mol. The second kappa shape index (κ2) is 7.40. The third kappa shape index (κ3) is 4.54. The third-order valence-electron chi connectivity index (χ3n) is 2.61. The first-order valence-corrected chi connectivity index (χ1v) is 7.28. The Labute approximate surface area is 133 Å². The Hall–Kier alpha value is -2.88. The number of benzene rings is 1. The fourth-order valence-electron chi connectivity index (χ4n) is 1.57. The molecule has 120 valence electrons. The number of H-pyrrole nitrogens is 2. The van der Waals surface area contributed by atoms with Crippen LogP contribution in [0.25, 0.3) is 0 Å². The monoisotopic (exact) mass is 336 g/mol. The molecular formula is C13H12N4O5S. The average Bonchev–Trinajstić information content (AvgIpc) is 2.54. The number of aromatic amines is 2. The van der Waals surface area contributed by atoms with Crippen LogP contribution in [-0.4, -0.2) is 39.9 Å². The van der Waals surface area contributed by atoms with E-state index < -0.39 is 17.2 Å². The number of hydrogen-bond donors (Lipinski definition) is 3. The molecule has 23 heavy (non-hydrogen) atoms. The van der Waals surface area contributed by atoms with Crippen LogP contribution in [0.2, 0.25) is 0 Å². The number of amides is 1. The summed E-state index contributed by atoms with van der Waals surface area (Å²) in [5, 5.41) is 8.22. The van der Waals surface area contributed by atoms with E-state index in [0.29, 0.717) is 11.3 Å². The fraction of sp³-hybridized carbons (Fsp3) is 0.154. The largest absolute Gasteiger partial charge is 0.465 e. The number of carbonyl (C=O) groups excluding carboxylic acids is 2. The average molecular weight is 336 g/mol. The van der Waals surface area contributed by atoms with E-state index in [2.05, 4.69) is 20.3 Å². The topological polar surface area (TPSA) is 134 Å². The molecule has 0 bridgehead atoms. The van der Waals surface area contributed by atoms with Gasteiger partial charge in [-0.1, -0.05) is 11.8 Å². The van der Waals surface area contributed by atoms with E-state index in [1.807, 2.05) is 4.98 Å². The minimum Gasteiger partial charge on any atom is -0.465 e. The smallest absolute Gasteiger partial charge is 0.342 e. The number of hydrogen-bond acceptors (Lipinski definition) is 7. The van der Waals surface area contributed by atoms with Gasteiger partial charge in [0.15, 0.2) is 5.03 Å². The van der Waals surface area contributed by atoms with E-state index in [0.717, 1.165) is 11.8 Å². The summed E-state index contributed by atoms with van der Waals surface area (Å²) in [6.07, 6.45) is 0. The number of nitrogens with zero attached hydrogens (tertiary/aromatic N) is 1. The maximum Gasteiger partial charge on any atom is 0.342 e. The summed E-state index contributed by atoms with van der Waals surface area (Å²) < 4.78 is 4.57. The molecule has 3 N–H and O–H groups in total. The van der Waals surface area contributed by atoms with Gasteiger partial charge in [0.2, 0.25) is 5.91 Å². The third-order valence-corrected chi connectivity index (χ3v) is 3.57. The first-order chi connectivity index (χ1) is 11.0. The summed E-state index contributed by atoms with van der Waals surface area (Å²) >= 11 is 0.884. The standard InChI is InChI=1S/C13H12N4O5S/c1-22-12(20)7-2-4-8(5-3-7)14-9(18)6-23-11-10(19)15-13(21)17-16-11/h2-5H,6H2,1H3,(H,14,18)(H2,15,17,19,21). The van der Waals surface area contributed by atoms with Crippen LogP contribution >= 0.6 is 11.8 Å². The normalized spacial score (nSPS) is 10.1. The first kappa shape index (κ1) is 16.5. The highest BCUT2D eigenvalue weighted by Gasteiger charge is 2.09. The zero-order chi connectivity index (χ0) is 16.8. The van der Waals surface area contributed by atoms with Gasteiger partial charge in [-0.15, -0.1) is 0 Å². The van der Waals surface area contributed by atoms with Crippen molar-refractivity contribution in [1.82, 2.24) is 15.2 Å². The molecule has 0 aliphatic rings. The second-order valence-electron chi connectivity index (χ2n) is 4.22. The number of carbonyl (C=O) groups is 2. The van der Waals surface area contributed by atoms with Crippen LogP contribution in [0.1, 0.15) is 10.4 Å². The molecule has 1 aromatic carbocycles. The summed E-state index contributed by atoms with van der Waals surface area (Å²) in [4.78, 5) is 47.3. The predicted octanol–water partition coefficient (Wildman–Crippen LogP) is -0.0244. The Morgan fingerprint density at radius 3 is 2.57 bits per heavy atom. The maximum absolute atomic E-state index is 11.8. The van der Waals surface area contributed by atoms with Crippen molar-refractivity contribution >= 4 is 29.3 Å². The summed E-state index contributed by atoms with van der Waals surface area (Å²) in [5.74, 6) is -0.907. The lowest BCUT2D eigenvalue weighted by Gasteiger charge is -2.05. The van der Waals surface area contributed by atoms with Gasteiger partial charge in [0.05, 0.1) is 18.4 Å². The number of thioether (sulfide) groups is 1. The van der Waals surface area contributed by atoms with Crippen LogP contribution < -0.4 is 16.6 Å². The molecule has 0 unspecified atom stereocenters. The van der Waals surface area contributed by atoms with Gasteiger partial charge in [-0.05, 0) is 24.3 Å². The quantitative estimate of drug-likeness (QED) is 0.516. The highest BCUT2D eigenvalue weighted by Crippen LogP contribution is 2.13. The highest BCUT2D eigenvalue weighted by molar-refractivity contribution is 7.99. The van der Waals surface area contributed by atoms with Gasteiger partial charge < -0.3 is 10.1 Å². The van der Waals surface area contributed by atoms with E-state index >= 15 is 0 Å². The number of rotatable bonds is 5. The lowest BCUT2D eigenvalue weighted by atomic mass is 10.2. The van der Waals surface area contributed by atoms with E-state index in [4.69, 9.17) is 0 Å². The number of nitrogens with one attached hydrogen (secondary N) is 3. The maximum atomic E-state index is 11.8. The van der Waals surface area contributed by atoms with Crippen molar-refractivity contribution in [2.24, 2.45) is 0 Å². The lowest BCUT2D eigenvalue weighted by molar-refractivity contribution is -0.113. The van der Waals surface area contributed by atoms with Gasteiger partial charge in [-0.3, -0.25) is 14.6 Å². The zero-order valence-corrected chi connectivity index (χ0v) is 12.7. The molecule has 0 radical (unpaired) electrons. The number of aromatic nitrogens is 3. The first-order valence-electron chi connectivity index (χ1n) is 6.29. The van der Waals surface area contributed by atoms with Crippen molar-refractivity contribution in [2.75, 3.05) is 18.2 Å². The van der Waals surface area contributed by atoms with Crippen molar-refractivity contribution < 1.29 is 14.3 Å². The molecule has 0 spiro atoms. The fourth-order valence-corrected chi connectivity index (χ4v) is 2.21. The summed E-state index contributed by atoms with van der Waals surface area (Å²) in [7, 11) is 1.28. The molecule has 0 aliphatic heterocycles. The molecule has 1 amide bonds. The van der Waals surface area contributed by atoms with Crippen LogP contribution in [0.5, 0.6) is 0 Å². The minimum absolute atomic E-state index is 0.0132. The Morgan fingerprint density at radius 2 is 1.96 bits per heavy atom. The van der Waals surface area contributed by atoms with E-state index in [9.17, 15) is 19.2 Å². The summed E-state index contributed by atoms with van der Waals surface area (Å²) in [5.41, 5.74) is -0.515. The minimum atomic E-state index is -0.713. The molecule has 0 saturated carbocycles. The molecule has 0 fully saturated rings. The van der Waals surface area contributed by atoms with Gasteiger partial charge in [0.25, 0.3) is 5.56 Å². The van der Waals surface area contributed by atoms with Gasteiger partial charge >= 0.3 is 11.7 Å². The van der Waals surface area contributed by atoms with Crippen LogP contribution in [0, 0.1) is 0 Å². The van der Waals surface area contributed by atoms with Crippen molar-refractivity contribution in [3.8, 4) is 0 Å². The van der Waals surface area contributed by atoms with Crippen LogP contribution in [0.4, 0.5) is 5.69 Å². The van der Waals surface area contributed by atoms with Gasteiger partial charge in [-0.25, -0.2) is 14.7 Å². The number of anilines is 1. The zero-order valence-electron chi connectivity index (χ0n) is 11.9. The Kier molecular flexibility index (Phi) is 5.31. The molecule has 1 aromatic heterocycles. The molecule has 0 atom stereocenters. The lowest BCUT2D eigenvalue weighted by Crippen LogP contribution is -2.25.